The van der Waals surface area contributed by atoms with Gasteiger partial charge in [0.1, 0.15) is 11.4 Å². The van der Waals surface area contributed by atoms with Crippen LogP contribution in [-0.2, 0) is 30.7 Å². The largest absolute Gasteiger partial charge is 0.338 e. The summed E-state index contributed by atoms with van der Waals surface area (Å²) in [4.78, 5) is 48.4. The topological polar surface area (TPSA) is 97.2 Å². The van der Waals surface area contributed by atoms with Gasteiger partial charge in [0, 0.05) is 32.8 Å². The number of hydrogen-bond donors (Lipinski definition) is 1. The van der Waals surface area contributed by atoms with Crippen LogP contribution in [0.25, 0.3) is 0 Å². The molecule has 0 fully saturated rings. The van der Waals surface area contributed by atoms with Gasteiger partial charge >= 0.3 is 0 Å². The first-order valence-corrected chi connectivity index (χ1v) is 10.6. The van der Waals surface area contributed by atoms with Gasteiger partial charge in [-0.25, -0.2) is 9.97 Å². The lowest BCUT2D eigenvalue weighted by molar-refractivity contribution is -0.129. The van der Waals surface area contributed by atoms with Gasteiger partial charge in [-0.1, -0.05) is 30.3 Å². The zero-order chi connectivity index (χ0) is 22.7. The minimum atomic E-state index is -0.482. The minimum absolute atomic E-state index is 0.0273. The summed E-state index contributed by atoms with van der Waals surface area (Å²) in [6.45, 7) is 4.57. The van der Waals surface area contributed by atoms with E-state index in [1.807, 2.05) is 30.3 Å². The normalized spacial score (nSPS) is 12.9. The molecule has 0 radical (unpaired) electrons. The minimum Gasteiger partial charge on any atom is -0.338 e. The van der Waals surface area contributed by atoms with Crippen molar-refractivity contribution in [2.24, 2.45) is 0 Å². The van der Waals surface area contributed by atoms with E-state index in [-0.39, 0.29) is 17.0 Å². The number of amides is 2. The second kappa shape index (κ2) is 9.13. The van der Waals surface area contributed by atoms with Crippen molar-refractivity contribution in [3.05, 3.63) is 87.4 Å². The molecule has 0 bridgehead atoms. The third-order valence-electron chi connectivity index (χ3n) is 5.66. The van der Waals surface area contributed by atoms with E-state index in [9.17, 15) is 14.4 Å². The quantitative estimate of drug-likeness (QED) is 0.669. The van der Waals surface area contributed by atoms with E-state index in [1.165, 1.54) is 19.3 Å². The van der Waals surface area contributed by atoms with E-state index in [1.54, 1.807) is 22.6 Å². The van der Waals surface area contributed by atoms with Gasteiger partial charge in [-0.3, -0.25) is 14.4 Å². The molecule has 0 unspecified atom stereocenters. The smallest absolute Gasteiger partial charge is 0.263 e. The predicted molar refractivity (Wildman–Crippen MR) is 120 cm³/mol. The molecular weight excluding hydrogens is 406 g/mol. The zero-order valence-electron chi connectivity index (χ0n) is 18.2. The molecule has 0 saturated heterocycles. The van der Waals surface area contributed by atoms with Gasteiger partial charge in [0.05, 0.1) is 18.1 Å². The molecule has 2 amide bonds. The van der Waals surface area contributed by atoms with Crippen molar-refractivity contribution < 1.29 is 9.59 Å². The van der Waals surface area contributed by atoms with Crippen molar-refractivity contribution in [2.45, 2.75) is 39.8 Å². The number of anilines is 1. The van der Waals surface area contributed by atoms with Gasteiger partial charge in [-0.05, 0) is 36.5 Å². The van der Waals surface area contributed by atoms with Crippen molar-refractivity contribution in [3.8, 4) is 0 Å². The summed E-state index contributed by atoms with van der Waals surface area (Å²) in [6, 6.07) is 9.87. The Kier molecular flexibility index (Phi) is 6.11. The van der Waals surface area contributed by atoms with Crippen molar-refractivity contribution in [3.63, 3.8) is 0 Å². The van der Waals surface area contributed by atoms with Crippen LogP contribution in [0.2, 0.25) is 0 Å². The Labute approximate surface area is 185 Å². The second-order valence-corrected chi connectivity index (χ2v) is 7.91. The van der Waals surface area contributed by atoms with Crippen molar-refractivity contribution in [1.82, 2.24) is 19.4 Å². The number of nitrogens with one attached hydrogen (secondary N) is 1. The number of benzene rings is 1. The van der Waals surface area contributed by atoms with E-state index in [0.717, 1.165) is 11.1 Å². The van der Waals surface area contributed by atoms with Crippen molar-refractivity contribution in [2.75, 3.05) is 11.9 Å². The van der Waals surface area contributed by atoms with Crippen LogP contribution in [0.5, 0.6) is 0 Å². The average molecular weight is 431 g/mol. The lowest BCUT2D eigenvalue weighted by atomic mass is 9.95. The Balaban J connectivity index is 1.70. The molecule has 0 saturated carbocycles. The number of carbonyl (C=O) groups is 2. The highest BCUT2D eigenvalue weighted by Crippen LogP contribution is 2.22. The van der Waals surface area contributed by atoms with Crippen LogP contribution >= 0.6 is 0 Å². The third-order valence-corrected chi connectivity index (χ3v) is 5.66. The molecule has 3 aromatic rings. The SMILES string of the molecule is CC(=O)N1CCc2c(cn(CCc3ccccc3)c(=O)c2C(=O)Nc2cnc(C)nc2)C1. The highest BCUT2D eigenvalue weighted by molar-refractivity contribution is 6.05. The fraction of sp³-hybridized carbons (Fsp3) is 0.292. The predicted octanol–water partition coefficient (Wildman–Crippen LogP) is 2.35. The highest BCUT2D eigenvalue weighted by atomic mass is 16.2. The first-order valence-electron chi connectivity index (χ1n) is 10.6. The van der Waals surface area contributed by atoms with Gasteiger partial charge in [0.15, 0.2) is 0 Å². The van der Waals surface area contributed by atoms with E-state index in [4.69, 9.17) is 0 Å². The fourth-order valence-electron chi connectivity index (χ4n) is 3.93. The molecule has 0 atom stereocenters. The van der Waals surface area contributed by atoms with Crippen LogP contribution < -0.4 is 10.9 Å². The van der Waals surface area contributed by atoms with Gasteiger partial charge in [0.2, 0.25) is 5.91 Å². The Morgan fingerprint density at radius 2 is 1.84 bits per heavy atom. The van der Waals surface area contributed by atoms with E-state index >= 15 is 0 Å². The molecular formula is C24H25N5O3. The number of aryl methyl sites for hydroxylation is 3. The summed E-state index contributed by atoms with van der Waals surface area (Å²) in [5.74, 6) is 0.0808. The molecule has 0 aliphatic carbocycles. The van der Waals surface area contributed by atoms with E-state index in [2.05, 4.69) is 15.3 Å². The first-order chi connectivity index (χ1) is 15.4. The Bertz CT molecular complexity index is 1200. The van der Waals surface area contributed by atoms with Crippen LogP contribution in [0.1, 0.15) is 39.8 Å². The molecule has 4 rings (SSSR count). The molecule has 32 heavy (non-hydrogen) atoms. The van der Waals surface area contributed by atoms with Crippen LogP contribution in [0.4, 0.5) is 5.69 Å². The summed E-state index contributed by atoms with van der Waals surface area (Å²) >= 11 is 0. The number of aromatic nitrogens is 3. The van der Waals surface area contributed by atoms with Crippen LogP contribution in [-0.4, -0.2) is 37.8 Å². The number of pyridine rings is 1. The summed E-state index contributed by atoms with van der Waals surface area (Å²) < 4.78 is 1.58. The first kappa shape index (κ1) is 21.4. The van der Waals surface area contributed by atoms with Crippen LogP contribution in [0.3, 0.4) is 0 Å². The number of hydrogen-bond acceptors (Lipinski definition) is 5. The molecule has 1 aliphatic rings. The maximum atomic E-state index is 13.4. The average Bonchev–Trinajstić information content (AvgIpc) is 2.79. The van der Waals surface area contributed by atoms with Gasteiger partial charge < -0.3 is 14.8 Å². The maximum absolute atomic E-state index is 13.4. The van der Waals surface area contributed by atoms with Crippen molar-refractivity contribution >= 4 is 17.5 Å². The fourth-order valence-corrected chi connectivity index (χ4v) is 3.93. The zero-order valence-corrected chi connectivity index (χ0v) is 18.2. The molecule has 1 N–H and O–H groups in total. The van der Waals surface area contributed by atoms with Crippen LogP contribution in [0, 0.1) is 6.92 Å². The molecule has 8 nitrogen and oxygen atoms in total. The molecule has 1 aromatic carbocycles. The molecule has 0 spiro atoms. The molecule has 164 valence electrons. The molecule has 1 aliphatic heterocycles. The van der Waals surface area contributed by atoms with E-state index < -0.39 is 5.91 Å². The molecule has 3 heterocycles. The maximum Gasteiger partial charge on any atom is 0.263 e. The summed E-state index contributed by atoms with van der Waals surface area (Å²) in [5, 5.41) is 2.75. The highest BCUT2D eigenvalue weighted by Gasteiger charge is 2.27. The van der Waals surface area contributed by atoms with Crippen LogP contribution in [0.15, 0.2) is 53.7 Å². The van der Waals surface area contributed by atoms with E-state index in [0.29, 0.717) is 49.6 Å². The van der Waals surface area contributed by atoms with Crippen molar-refractivity contribution in [1.29, 1.82) is 0 Å². The number of rotatable bonds is 5. The Morgan fingerprint density at radius 1 is 1.12 bits per heavy atom. The van der Waals surface area contributed by atoms with Gasteiger partial charge in [0.25, 0.3) is 11.5 Å². The lowest BCUT2D eigenvalue weighted by Crippen LogP contribution is -2.39. The molecule has 2 aromatic heterocycles. The van der Waals surface area contributed by atoms with Gasteiger partial charge in [-0.15, -0.1) is 0 Å². The third kappa shape index (κ3) is 4.59. The monoisotopic (exact) mass is 431 g/mol. The number of fused-ring (bicyclic) bond motifs is 1. The molecule has 8 heteroatoms. The Morgan fingerprint density at radius 3 is 2.53 bits per heavy atom. The number of nitrogens with zero attached hydrogens (tertiary/aromatic N) is 4. The second-order valence-electron chi connectivity index (χ2n) is 7.91. The summed E-state index contributed by atoms with van der Waals surface area (Å²) in [6.07, 6.45) is 5.93. The lowest BCUT2D eigenvalue weighted by Gasteiger charge is -2.29. The van der Waals surface area contributed by atoms with Gasteiger partial charge in [-0.2, -0.15) is 0 Å². The Hall–Kier alpha value is -3.81. The summed E-state index contributed by atoms with van der Waals surface area (Å²) in [5.41, 5.74) is 2.85. The summed E-state index contributed by atoms with van der Waals surface area (Å²) in [7, 11) is 0. The standard InChI is InChI=1S/C24H25N5O3/c1-16-25-12-20(13-26-16)27-23(31)22-21-9-11-28(17(2)30)14-19(21)15-29(24(22)32)10-8-18-6-4-3-5-7-18/h3-7,12-13,15H,8-11,14H2,1-2H3,(H,27,31). The number of carbonyl (C=O) groups excluding carboxylic acids is 2.